The summed E-state index contributed by atoms with van der Waals surface area (Å²) in [5, 5.41) is 0. The Hall–Kier alpha value is -2.10. The van der Waals surface area contributed by atoms with Crippen LogP contribution in [-0.2, 0) is 19.4 Å². The van der Waals surface area contributed by atoms with Gasteiger partial charge in [0.05, 0.1) is 0 Å². The van der Waals surface area contributed by atoms with Gasteiger partial charge in [-0.05, 0) is 31.2 Å². The molecule has 4 nitrogen and oxygen atoms in total. The van der Waals surface area contributed by atoms with Crippen molar-refractivity contribution in [3.8, 4) is 0 Å². The van der Waals surface area contributed by atoms with E-state index in [1.54, 1.807) is 6.07 Å². The molecule has 1 aromatic heterocycles. The van der Waals surface area contributed by atoms with E-state index < -0.39 is 0 Å². The van der Waals surface area contributed by atoms with Crippen LogP contribution >= 0.6 is 0 Å². The Morgan fingerprint density at radius 3 is 2.45 bits per heavy atom. The van der Waals surface area contributed by atoms with Crippen LogP contribution in [0.25, 0.3) is 0 Å². The molecule has 0 fully saturated rings. The van der Waals surface area contributed by atoms with Gasteiger partial charge in [-0.2, -0.15) is 0 Å². The van der Waals surface area contributed by atoms with Crippen LogP contribution in [0.15, 0.2) is 46.0 Å². The van der Waals surface area contributed by atoms with Crippen molar-refractivity contribution < 1.29 is 0 Å². The number of hydrogen-bond donors (Lipinski definition) is 1. The molecule has 4 heteroatoms. The third kappa shape index (κ3) is 4.72. The number of nitrogens with zero attached hydrogens (tertiary/aromatic N) is 1. The summed E-state index contributed by atoms with van der Waals surface area (Å²) in [6.45, 7) is 2.59. The van der Waals surface area contributed by atoms with E-state index in [1.807, 2.05) is 18.2 Å². The lowest BCUT2D eigenvalue weighted by molar-refractivity contribution is 0.582. The maximum atomic E-state index is 12.1. The van der Waals surface area contributed by atoms with Crippen LogP contribution in [0.2, 0.25) is 0 Å². The molecule has 0 saturated carbocycles. The number of unbranched alkanes of at least 4 members (excludes halogenated alkanes) is 2. The molecule has 1 N–H and O–H groups in total. The lowest BCUT2D eigenvalue weighted by Gasteiger charge is -2.07. The van der Waals surface area contributed by atoms with Crippen molar-refractivity contribution in [1.29, 1.82) is 0 Å². The number of aromatic amines is 1. The molecule has 0 amide bonds. The Bertz CT molecular complexity index is 655. The molecule has 0 aliphatic carbocycles. The van der Waals surface area contributed by atoms with Crippen LogP contribution in [-0.4, -0.2) is 9.55 Å². The predicted octanol–water partition coefficient (Wildman–Crippen LogP) is 2.90. The lowest BCUT2D eigenvalue weighted by Crippen LogP contribution is -2.35. The van der Waals surface area contributed by atoms with Gasteiger partial charge in [0.1, 0.15) is 0 Å². The molecule has 0 bridgehead atoms. The van der Waals surface area contributed by atoms with Crippen molar-refractivity contribution >= 4 is 0 Å². The number of aromatic nitrogens is 2. The van der Waals surface area contributed by atoms with Crippen LogP contribution < -0.4 is 11.2 Å². The number of aryl methyl sites for hydroxylation is 2. The van der Waals surface area contributed by atoms with E-state index in [9.17, 15) is 9.59 Å². The minimum Gasteiger partial charge on any atom is -0.311 e. The summed E-state index contributed by atoms with van der Waals surface area (Å²) in [6.07, 6.45) is 5.66. The average Bonchev–Trinajstić information content (AvgIpc) is 2.51. The molecule has 0 aliphatic rings. The Kier molecular flexibility index (Phi) is 6.19. The van der Waals surface area contributed by atoms with Gasteiger partial charge in [-0.25, -0.2) is 4.79 Å². The molecule has 0 saturated heterocycles. The predicted molar refractivity (Wildman–Crippen MR) is 89.3 cm³/mol. The third-order valence-electron chi connectivity index (χ3n) is 3.82. The second kappa shape index (κ2) is 8.37. The van der Waals surface area contributed by atoms with Gasteiger partial charge in [0.15, 0.2) is 0 Å². The molecule has 2 rings (SSSR count). The minimum absolute atomic E-state index is 0.191. The monoisotopic (exact) mass is 300 g/mol. The first kappa shape index (κ1) is 16.3. The van der Waals surface area contributed by atoms with Crippen molar-refractivity contribution in [3.63, 3.8) is 0 Å². The summed E-state index contributed by atoms with van der Waals surface area (Å²) in [5.41, 5.74) is 1.50. The highest BCUT2D eigenvalue weighted by Gasteiger charge is 2.04. The smallest absolute Gasteiger partial charge is 0.311 e. The van der Waals surface area contributed by atoms with Crippen molar-refractivity contribution in [3.05, 3.63) is 68.5 Å². The topological polar surface area (TPSA) is 54.9 Å². The Balaban J connectivity index is 1.96. The van der Waals surface area contributed by atoms with Gasteiger partial charge < -0.3 is 4.98 Å². The average molecular weight is 300 g/mol. The molecule has 1 heterocycles. The summed E-state index contributed by atoms with van der Waals surface area (Å²) in [5.74, 6) is 0. The first-order chi connectivity index (χ1) is 10.7. The first-order valence-corrected chi connectivity index (χ1v) is 8.07. The minimum atomic E-state index is -0.285. The maximum absolute atomic E-state index is 12.1. The first-order valence-electron chi connectivity index (χ1n) is 8.07. The van der Waals surface area contributed by atoms with E-state index >= 15 is 0 Å². The van der Waals surface area contributed by atoms with E-state index in [4.69, 9.17) is 0 Å². The van der Waals surface area contributed by atoms with Crippen molar-refractivity contribution in [2.24, 2.45) is 0 Å². The van der Waals surface area contributed by atoms with E-state index in [0.29, 0.717) is 6.54 Å². The van der Waals surface area contributed by atoms with E-state index in [2.05, 4.69) is 24.0 Å². The van der Waals surface area contributed by atoms with Gasteiger partial charge in [-0.3, -0.25) is 9.36 Å². The maximum Gasteiger partial charge on any atom is 0.328 e. The Morgan fingerprint density at radius 1 is 1.00 bits per heavy atom. The molecule has 0 unspecified atom stereocenters. The normalized spacial score (nSPS) is 10.8. The molecule has 1 aromatic carbocycles. The standard InChI is InChI=1S/C18H24N2O2/c1-2-3-5-12-16-14-17(21)20(18(22)19-16)13-8-11-15-9-6-4-7-10-15/h4,6-7,9-10,14H,2-3,5,8,11-13H2,1H3,(H,19,22). The molecular weight excluding hydrogens is 276 g/mol. The van der Waals surface area contributed by atoms with Gasteiger partial charge >= 0.3 is 5.69 Å². The number of hydrogen-bond acceptors (Lipinski definition) is 2. The molecule has 22 heavy (non-hydrogen) atoms. The van der Waals surface area contributed by atoms with Crippen LogP contribution in [0, 0.1) is 0 Å². The quantitative estimate of drug-likeness (QED) is 0.762. The zero-order chi connectivity index (χ0) is 15.8. The fraction of sp³-hybridized carbons (Fsp3) is 0.444. The van der Waals surface area contributed by atoms with Crippen LogP contribution in [0.5, 0.6) is 0 Å². The fourth-order valence-electron chi connectivity index (χ4n) is 2.57. The number of H-pyrrole nitrogens is 1. The van der Waals surface area contributed by atoms with Crippen molar-refractivity contribution in [2.45, 2.75) is 52.0 Å². The highest BCUT2D eigenvalue weighted by Crippen LogP contribution is 2.03. The molecule has 2 aromatic rings. The Morgan fingerprint density at radius 2 is 1.77 bits per heavy atom. The molecular formula is C18H24N2O2. The van der Waals surface area contributed by atoms with Gasteiger partial charge in [-0.15, -0.1) is 0 Å². The highest BCUT2D eigenvalue weighted by molar-refractivity contribution is 5.14. The number of rotatable bonds is 8. The fourth-order valence-corrected chi connectivity index (χ4v) is 2.57. The van der Waals surface area contributed by atoms with E-state index in [-0.39, 0.29) is 11.2 Å². The highest BCUT2D eigenvalue weighted by atomic mass is 16.2. The Labute approximate surface area is 130 Å². The van der Waals surface area contributed by atoms with Gasteiger partial charge in [0.25, 0.3) is 5.56 Å². The largest absolute Gasteiger partial charge is 0.328 e. The number of nitrogens with one attached hydrogen (secondary N) is 1. The van der Waals surface area contributed by atoms with Gasteiger partial charge in [-0.1, -0.05) is 50.1 Å². The van der Waals surface area contributed by atoms with Crippen LogP contribution in [0.3, 0.4) is 0 Å². The summed E-state index contributed by atoms with van der Waals surface area (Å²) >= 11 is 0. The number of benzene rings is 1. The SMILES string of the molecule is CCCCCc1cc(=O)n(CCCc2ccccc2)c(=O)[nH]1. The van der Waals surface area contributed by atoms with Crippen LogP contribution in [0.1, 0.15) is 43.9 Å². The summed E-state index contributed by atoms with van der Waals surface area (Å²) in [6, 6.07) is 11.7. The molecule has 0 aliphatic heterocycles. The summed E-state index contributed by atoms with van der Waals surface area (Å²) in [7, 11) is 0. The zero-order valence-corrected chi connectivity index (χ0v) is 13.2. The summed E-state index contributed by atoms with van der Waals surface area (Å²) < 4.78 is 1.30. The van der Waals surface area contributed by atoms with Gasteiger partial charge in [0, 0.05) is 18.3 Å². The lowest BCUT2D eigenvalue weighted by atomic mass is 10.1. The third-order valence-corrected chi connectivity index (χ3v) is 3.82. The van der Waals surface area contributed by atoms with Crippen molar-refractivity contribution in [1.82, 2.24) is 9.55 Å². The molecule has 0 spiro atoms. The second-order valence-electron chi connectivity index (χ2n) is 5.64. The molecule has 0 atom stereocenters. The van der Waals surface area contributed by atoms with E-state index in [1.165, 1.54) is 10.1 Å². The molecule has 0 radical (unpaired) electrons. The van der Waals surface area contributed by atoms with E-state index in [0.717, 1.165) is 44.2 Å². The van der Waals surface area contributed by atoms with Gasteiger partial charge in [0.2, 0.25) is 0 Å². The summed E-state index contributed by atoms with van der Waals surface area (Å²) in [4.78, 5) is 27.0. The van der Waals surface area contributed by atoms with Crippen molar-refractivity contribution in [2.75, 3.05) is 0 Å². The zero-order valence-electron chi connectivity index (χ0n) is 13.2. The van der Waals surface area contributed by atoms with Crippen LogP contribution in [0.4, 0.5) is 0 Å². The molecule has 118 valence electrons. The second-order valence-corrected chi connectivity index (χ2v) is 5.64.